The highest BCUT2D eigenvalue weighted by atomic mass is 15.5. The lowest BCUT2D eigenvalue weighted by Crippen LogP contribution is -2.12. The Labute approximate surface area is 131 Å². The molecule has 4 rings (SSSR count). The maximum Gasteiger partial charge on any atom is 0.184 e. The Morgan fingerprint density at radius 3 is 2.48 bits per heavy atom. The van der Waals surface area contributed by atoms with Crippen molar-refractivity contribution >= 4 is 16.7 Å². The first-order valence-corrected chi connectivity index (χ1v) is 7.10. The number of hydrogen-bond donors (Lipinski definition) is 1. The number of aryl methyl sites for hydroxylation is 2. The zero-order chi connectivity index (χ0) is 16.0. The van der Waals surface area contributed by atoms with Crippen LogP contribution in [-0.4, -0.2) is 34.7 Å². The molecule has 0 radical (unpaired) electrons. The average Bonchev–Trinajstić information content (AvgIpc) is 3.11. The average molecular weight is 306 g/mol. The minimum absolute atomic E-state index is 0.398. The van der Waals surface area contributed by atoms with E-state index in [1.165, 1.54) is 6.33 Å². The SMILES string of the molecule is Cc1cc(C)n(-c2ncnc(-n3nnc4ccccc43)c2N)n1. The van der Waals surface area contributed by atoms with E-state index in [1.54, 1.807) is 9.36 Å². The van der Waals surface area contributed by atoms with Crippen LogP contribution in [0.25, 0.3) is 22.7 Å². The topological polar surface area (TPSA) is 100 Å². The summed E-state index contributed by atoms with van der Waals surface area (Å²) in [5.74, 6) is 1.01. The summed E-state index contributed by atoms with van der Waals surface area (Å²) in [5, 5.41) is 12.7. The molecule has 0 aliphatic rings. The molecule has 3 aromatic heterocycles. The highest BCUT2D eigenvalue weighted by Gasteiger charge is 2.16. The molecule has 8 heteroatoms. The van der Waals surface area contributed by atoms with E-state index >= 15 is 0 Å². The molecule has 0 saturated heterocycles. The molecule has 8 nitrogen and oxygen atoms in total. The Morgan fingerprint density at radius 2 is 1.74 bits per heavy atom. The lowest BCUT2D eigenvalue weighted by molar-refractivity contribution is 0.774. The van der Waals surface area contributed by atoms with Crippen molar-refractivity contribution in [3.05, 3.63) is 48.0 Å². The van der Waals surface area contributed by atoms with Gasteiger partial charge in [0.2, 0.25) is 0 Å². The van der Waals surface area contributed by atoms with Gasteiger partial charge in [-0.15, -0.1) is 5.10 Å². The number of nitrogens with two attached hydrogens (primary N) is 1. The van der Waals surface area contributed by atoms with Gasteiger partial charge in [-0.3, -0.25) is 0 Å². The summed E-state index contributed by atoms with van der Waals surface area (Å²) in [4.78, 5) is 8.55. The molecule has 0 unspecified atom stereocenters. The van der Waals surface area contributed by atoms with Gasteiger partial charge in [0.25, 0.3) is 0 Å². The third-order valence-corrected chi connectivity index (χ3v) is 3.60. The second-order valence-electron chi connectivity index (χ2n) is 5.26. The van der Waals surface area contributed by atoms with E-state index < -0.39 is 0 Å². The first kappa shape index (κ1) is 13.4. The molecule has 0 aliphatic heterocycles. The second kappa shape index (κ2) is 4.87. The van der Waals surface area contributed by atoms with Crippen molar-refractivity contribution in [3.63, 3.8) is 0 Å². The minimum atomic E-state index is 0.398. The number of nitrogens with zero attached hydrogens (tertiary/aromatic N) is 7. The van der Waals surface area contributed by atoms with Gasteiger partial charge < -0.3 is 5.73 Å². The Hall–Kier alpha value is -3.29. The molecule has 0 amide bonds. The van der Waals surface area contributed by atoms with Crippen LogP contribution in [0.15, 0.2) is 36.7 Å². The summed E-state index contributed by atoms with van der Waals surface area (Å²) in [6.07, 6.45) is 1.45. The van der Waals surface area contributed by atoms with Crippen LogP contribution < -0.4 is 5.73 Å². The zero-order valence-corrected chi connectivity index (χ0v) is 12.7. The van der Waals surface area contributed by atoms with Crippen LogP contribution in [0.4, 0.5) is 5.69 Å². The second-order valence-corrected chi connectivity index (χ2v) is 5.26. The zero-order valence-electron chi connectivity index (χ0n) is 12.7. The number of rotatable bonds is 2. The molecule has 0 saturated carbocycles. The summed E-state index contributed by atoms with van der Waals surface area (Å²) in [7, 11) is 0. The first-order chi connectivity index (χ1) is 11.1. The molecule has 23 heavy (non-hydrogen) atoms. The highest BCUT2D eigenvalue weighted by Crippen LogP contribution is 2.23. The molecule has 0 bridgehead atoms. The van der Waals surface area contributed by atoms with E-state index in [0.29, 0.717) is 17.3 Å². The molecular weight excluding hydrogens is 292 g/mol. The summed E-state index contributed by atoms with van der Waals surface area (Å²) < 4.78 is 3.32. The van der Waals surface area contributed by atoms with E-state index in [9.17, 15) is 0 Å². The van der Waals surface area contributed by atoms with Crippen molar-refractivity contribution in [2.24, 2.45) is 0 Å². The number of hydrogen-bond acceptors (Lipinski definition) is 6. The largest absolute Gasteiger partial charge is 0.393 e. The van der Waals surface area contributed by atoms with Gasteiger partial charge in [0, 0.05) is 5.69 Å². The van der Waals surface area contributed by atoms with Crippen molar-refractivity contribution in [2.45, 2.75) is 13.8 Å². The molecule has 0 atom stereocenters. The Balaban J connectivity index is 1.94. The van der Waals surface area contributed by atoms with Gasteiger partial charge in [-0.2, -0.15) is 9.78 Å². The Kier molecular flexibility index (Phi) is 2.83. The highest BCUT2D eigenvalue weighted by molar-refractivity contribution is 5.77. The number of anilines is 1. The van der Waals surface area contributed by atoms with E-state index in [2.05, 4.69) is 25.4 Å². The van der Waals surface area contributed by atoms with E-state index in [0.717, 1.165) is 22.4 Å². The lowest BCUT2D eigenvalue weighted by Gasteiger charge is -2.10. The van der Waals surface area contributed by atoms with Crippen molar-refractivity contribution in [1.82, 2.24) is 34.7 Å². The normalized spacial score (nSPS) is 11.2. The fraction of sp³-hybridized carbons (Fsp3) is 0.133. The van der Waals surface area contributed by atoms with Gasteiger partial charge in [0.05, 0.1) is 11.2 Å². The molecule has 0 fully saturated rings. The van der Waals surface area contributed by atoms with Crippen LogP contribution in [0.2, 0.25) is 0 Å². The monoisotopic (exact) mass is 306 g/mol. The maximum absolute atomic E-state index is 6.30. The van der Waals surface area contributed by atoms with Gasteiger partial charge in [-0.25, -0.2) is 14.6 Å². The fourth-order valence-corrected chi connectivity index (χ4v) is 2.58. The quantitative estimate of drug-likeness (QED) is 0.603. The molecule has 4 aromatic rings. The van der Waals surface area contributed by atoms with Crippen LogP contribution in [0.1, 0.15) is 11.4 Å². The van der Waals surface area contributed by atoms with Crippen LogP contribution in [0, 0.1) is 13.8 Å². The third-order valence-electron chi connectivity index (χ3n) is 3.60. The predicted molar refractivity (Wildman–Crippen MR) is 85.5 cm³/mol. The van der Waals surface area contributed by atoms with E-state index in [1.807, 2.05) is 44.2 Å². The predicted octanol–water partition coefficient (Wildman–Crippen LogP) is 1.60. The van der Waals surface area contributed by atoms with Gasteiger partial charge in [0.15, 0.2) is 11.6 Å². The third kappa shape index (κ3) is 2.03. The van der Waals surface area contributed by atoms with Gasteiger partial charge in [-0.1, -0.05) is 17.3 Å². The van der Waals surface area contributed by atoms with Crippen molar-refractivity contribution in [1.29, 1.82) is 0 Å². The number of fused-ring (bicyclic) bond motifs is 1. The summed E-state index contributed by atoms with van der Waals surface area (Å²) in [5.41, 5.74) is 10.1. The molecule has 114 valence electrons. The van der Waals surface area contributed by atoms with Gasteiger partial charge in [-0.05, 0) is 32.0 Å². The van der Waals surface area contributed by atoms with Crippen LogP contribution in [-0.2, 0) is 0 Å². The van der Waals surface area contributed by atoms with Crippen LogP contribution in [0.3, 0.4) is 0 Å². The smallest absolute Gasteiger partial charge is 0.184 e. The summed E-state index contributed by atoms with van der Waals surface area (Å²) >= 11 is 0. The van der Waals surface area contributed by atoms with Crippen LogP contribution in [0.5, 0.6) is 0 Å². The number of para-hydroxylation sites is 1. The van der Waals surface area contributed by atoms with E-state index in [-0.39, 0.29) is 0 Å². The molecular formula is C15H14N8. The number of benzene rings is 1. The van der Waals surface area contributed by atoms with Gasteiger partial charge >= 0.3 is 0 Å². The van der Waals surface area contributed by atoms with Crippen molar-refractivity contribution in [3.8, 4) is 11.6 Å². The number of aromatic nitrogens is 7. The molecule has 0 aliphatic carbocycles. The van der Waals surface area contributed by atoms with Gasteiger partial charge in [0.1, 0.15) is 17.5 Å². The fourth-order valence-electron chi connectivity index (χ4n) is 2.58. The molecule has 3 heterocycles. The molecule has 0 spiro atoms. The van der Waals surface area contributed by atoms with Crippen LogP contribution >= 0.6 is 0 Å². The molecule has 1 aromatic carbocycles. The van der Waals surface area contributed by atoms with Crippen molar-refractivity contribution < 1.29 is 0 Å². The maximum atomic E-state index is 6.30. The summed E-state index contributed by atoms with van der Waals surface area (Å²) in [6, 6.07) is 9.59. The Morgan fingerprint density at radius 1 is 1.00 bits per heavy atom. The lowest BCUT2D eigenvalue weighted by atomic mass is 10.3. The standard InChI is InChI=1S/C15H14N8/c1-9-7-10(2)22(20-9)14-13(16)15(18-8-17-14)23-12-6-4-3-5-11(12)19-21-23/h3-8H,16H2,1-2H3. The minimum Gasteiger partial charge on any atom is -0.393 e. The molecule has 2 N–H and O–H groups in total. The van der Waals surface area contributed by atoms with Crippen molar-refractivity contribution in [2.75, 3.05) is 5.73 Å². The number of nitrogen functional groups attached to an aromatic ring is 1. The van der Waals surface area contributed by atoms with E-state index in [4.69, 9.17) is 5.73 Å². The first-order valence-electron chi connectivity index (χ1n) is 7.10. The summed E-state index contributed by atoms with van der Waals surface area (Å²) in [6.45, 7) is 3.87. The Bertz CT molecular complexity index is 1010.